The van der Waals surface area contributed by atoms with Crippen molar-refractivity contribution in [2.24, 2.45) is 5.92 Å². The molecule has 1 unspecified atom stereocenters. The monoisotopic (exact) mass is 270 g/mol. The maximum absolute atomic E-state index is 12.7. The molecule has 4 heteroatoms. The van der Waals surface area contributed by atoms with Gasteiger partial charge in [0, 0.05) is 24.6 Å². The summed E-state index contributed by atoms with van der Waals surface area (Å²) in [6.07, 6.45) is -1.35. The van der Waals surface area contributed by atoms with Crippen LogP contribution in [0, 0.1) is 5.92 Å². The number of rotatable bonds is 3. The van der Waals surface area contributed by atoms with Crippen LogP contribution in [-0.2, 0) is 6.18 Å². The van der Waals surface area contributed by atoms with Gasteiger partial charge >= 0.3 is 6.18 Å². The number of benzene rings is 1. The van der Waals surface area contributed by atoms with Gasteiger partial charge in [0.15, 0.2) is 0 Å². The Morgan fingerprint density at radius 3 is 2.47 bits per heavy atom. The minimum atomic E-state index is -4.27. The first-order valence-electron chi connectivity index (χ1n) is 6.55. The van der Waals surface area contributed by atoms with Crippen LogP contribution in [0.5, 0.6) is 0 Å². The van der Waals surface area contributed by atoms with Gasteiger partial charge in [0.2, 0.25) is 0 Å². The van der Waals surface area contributed by atoms with E-state index in [0.717, 1.165) is 24.4 Å². The molecule has 1 N–H and O–H groups in total. The molecule has 0 spiro atoms. The average molecular weight is 270 g/mol. The maximum Gasteiger partial charge on any atom is 0.416 e. The molecule has 1 nitrogen and oxygen atoms in total. The smallest absolute Gasteiger partial charge is 0.273 e. The third kappa shape index (κ3) is 3.00. The van der Waals surface area contributed by atoms with Gasteiger partial charge in [-0.3, -0.25) is 4.90 Å². The number of fused-ring (bicyclic) bond motifs is 1. The minimum absolute atomic E-state index is 0.569. The number of alkyl halides is 3. The highest BCUT2D eigenvalue weighted by atomic mass is 19.4. The second-order valence-electron chi connectivity index (χ2n) is 5.54. The van der Waals surface area contributed by atoms with Crippen molar-refractivity contribution >= 4 is 11.8 Å². The van der Waals surface area contributed by atoms with Crippen LogP contribution in [0.1, 0.15) is 38.3 Å². The van der Waals surface area contributed by atoms with Crippen molar-refractivity contribution in [3.05, 3.63) is 35.0 Å². The standard InChI is InChI=1S/C15H18F3N/c1-10(2)6-7-19-11(3)8-12-9-13(15(16,17)18)4-5-14(12)19/h4-5,8-10H,6-7H2,1-3H3/p+1. The number of halogens is 3. The Bertz CT molecular complexity index is 501. The van der Waals surface area contributed by atoms with Crippen LogP contribution in [0.2, 0.25) is 0 Å². The first-order valence-corrected chi connectivity index (χ1v) is 6.55. The summed E-state index contributed by atoms with van der Waals surface area (Å²) < 4.78 is 38.0. The van der Waals surface area contributed by atoms with E-state index in [4.69, 9.17) is 0 Å². The number of nitrogens with one attached hydrogen (secondary N) is 1. The Labute approximate surface area is 111 Å². The van der Waals surface area contributed by atoms with Crippen molar-refractivity contribution in [3.8, 4) is 0 Å². The third-order valence-corrected chi connectivity index (χ3v) is 3.52. The molecule has 1 aliphatic rings. The van der Waals surface area contributed by atoms with Crippen molar-refractivity contribution in [3.63, 3.8) is 0 Å². The van der Waals surface area contributed by atoms with Crippen LogP contribution in [0.25, 0.3) is 6.08 Å². The van der Waals surface area contributed by atoms with Crippen LogP contribution in [0.4, 0.5) is 18.9 Å². The van der Waals surface area contributed by atoms with Gasteiger partial charge in [-0.25, -0.2) is 0 Å². The van der Waals surface area contributed by atoms with Gasteiger partial charge in [0.25, 0.3) is 0 Å². The molecular weight excluding hydrogens is 251 g/mol. The first-order chi connectivity index (χ1) is 8.79. The zero-order valence-corrected chi connectivity index (χ0v) is 11.4. The van der Waals surface area contributed by atoms with Crippen molar-refractivity contribution in [1.29, 1.82) is 0 Å². The summed E-state index contributed by atoms with van der Waals surface area (Å²) in [7, 11) is 0. The topological polar surface area (TPSA) is 4.44 Å². The largest absolute Gasteiger partial charge is 0.416 e. The highest BCUT2D eigenvalue weighted by Crippen LogP contribution is 2.33. The molecule has 1 aliphatic heterocycles. The summed E-state index contributed by atoms with van der Waals surface area (Å²) >= 11 is 0. The van der Waals surface area contributed by atoms with Gasteiger partial charge in [0.05, 0.1) is 12.1 Å². The third-order valence-electron chi connectivity index (χ3n) is 3.52. The molecule has 0 bridgehead atoms. The zero-order chi connectivity index (χ0) is 14.2. The lowest BCUT2D eigenvalue weighted by atomic mass is 10.1. The van der Waals surface area contributed by atoms with Gasteiger partial charge in [-0.1, -0.05) is 13.8 Å². The predicted molar refractivity (Wildman–Crippen MR) is 70.0 cm³/mol. The van der Waals surface area contributed by atoms with Crippen LogP contribution in [0.3, 0.4) is 0 Å². The predicted octanol–water partition coefficient (Wildman–Crippen LogP) is 3.64. The lowest BCUT2D eigenvalue weighted by Crippen LogP contribution is -3.04. The molecular formula is C15H19F3N+. The molecule has 2 rings (SSSR count). The molecule has 0 amide bonds. The van der Waals surface area contributed by atoms with Crippen LogP contribution >= 0.6 is 0 Å². The summed E-state index contributed by atoms with van der Waals surface area (Å²) in [5.74, 6) is 0.596. The van der Waals surface area contributed by atoms with E-state index < -0.39 is 11.7 Å². The Kier molecular flexibility index (Phi) is 3.72. The van der Waals surface area contributed by atoms with Crippen LogP contribution in [0.15, 0.2) is 23.9 Å². The molecule has 0 aliphatic carbocycles. The molecule has 0 aromatic heterocycles. The van der Waals surface area contributed by atoms with E-state index in [9.17, 15) is 13.2 Å². The van der Waals surface area contributed by atoms with E-state index >= 15 is 0 Å². The molecule has 1 atom stereocenters. The molecule has 0 fully saturated rings. The highest BCUT2D eigenvalue weighted by Gasteiger charge is 2.33. The summed E-state index contributed by atoms with van der Waals surface area (Å²) in [4.78, 5) is 1.19. The van der Waals surface area contributed by atoms with Crippen molar-refractivity contribution < 1.29 is 18.1 Å². The van der Waals surface area contributed by atoms with E-state index in [0.29, 0.717) is 11.5 Å². The molecule has 0 radical (unpaired) electrons. The van der Waals surface area contributed by atoms with Crippen molar-refractivity contribution in [2.45, 2.75) is 33.4 Å². The van der Waals surface area contributed by atoms with Crippen LogP contribution < -0.4 is 4.90 Å². The number of allylic oxidation sites excluding steroid dienone is 1. The maximum atomic E-state index is 12.7. The Balaban J connectivity index is 2.27. The van der Waals surface area contributed by atoms with Gasteiger partial charge in [-0.2, -0.15) is 13.2 Å². The van der Waals surface area contributed by atoms with Gasteiger partial charge in [0.1, 0.15) is 11.4 Å². The fourth-order valence-electron chi connectivity index (χ4n) is 2.43. The molecule has 0 saturated carbocycles. The SMILES string of the molecule is CC1=Cc2cc(C(F)(F)F)ccc2[NH+]1CCC(C)C. The van der Waals surface area contributed by atoms with E-state index in [2.05, 4.69) is 13.8 Å². The zero-order valence-electron chi connectivity index (χ0n) is 11.4. The van der Waals surface area contributed by atoms with E-state index in [1.165, 1.54) is 17.0 Å². The molecule has 1 aromatic carbocycles. The number of quaternary nitrogens is 1. The normalized spacial score (nSPS) is 18.7. The van der Waals surface area contributed by atoms with Gasteiger partial charge < -0.3 is 0 Å². The second kappa shape index (κ2) is 5.00. The summed E-state index contributed by atoms with van der Waals surface area (Å²) in [5.41, 5.74) is 2.19. The van der Waals surface area contributed by atoms with Gasteiger partial charge in [-0.05, 0) is 24.5 Å². The fourth-order valence-corrected chi connectivity index (χ4v) is 2.43. The molecule has 0 saturated heterocycles. The Morgan fingerprint density at radius 1 is 1.21 bits per heavy atom. The number of hydrogen-bond acceptors (Lipinski definition) is 0. The summed E-state index contributed by atoms with van der Waals surface area (Å²) in [6, 6.07) is 4.04. The number of hydrogen-bond donors (Lipinski definition) is 1. The Morgan fingerprint density at radius 2 is 1.89 bits per heavy atom. The molecule has 1 aromatic rings. The van der Waals surface area contributed by atoms with Crippen LogP contribution in [-0.4, -0.2) is 6.54 Å². The second-order valence-corrected chi connectivity index (χ2v) is 5.54. The van der Waals surface area contributed by atoms with Gasteiger partial charge in [-0.15, -0.1) is 0 Å². The quantitative estimate of drug-likeness (QED) is 0.855. The van der Waals surface area contributed by atoms with E-state index in [1.54, 1.807) is 6.07 Å². The molecule has 1 heterocycles. The van der Waals surface area contributed by atoms with E-state index in [1.807, 2.05) is 13.0 Å². The minimum Gasteiger partial charge on any atom is -0.273 e. The summed E-state index contributed by atoms with van der Waals surface area (Å²) in [5, 5.41) is 0. The lowest BCUT2D eigenvalue weighted by molar-refractivity contribution is -0.787. The van der Waals surface area contributed by atoms with E-state index in [-0.39, 0.29) is 0 Å². The molecule has 104 valence electrons. The first kappa shape index (κ1) is 14.1. The van der Waals surface area contributed by atoms with Crippen molar-refractivity contribution in [1.82, 2.24) is 0 Å². The average Bonchev–Trinajstić information content (AvgIpc) is 2.59. The van der Waals surface area contributed by atoms with Crippen molar-refractivity contribution in [2.75, 3.05) is 6.54 Å². The fraction of sp³-hybridized carbons (Fsp3) is 0.467. The molecule has 19 heavy (non-hydrogen) atoms. The summed E-state index contributed by atoms with van der Waals surface area (Å²) in [6.45, 7) is 7.21. The highest BCUT2D eigenvalue weighted by molar-refractivity contribution is 5.66. The Hall–Kier alpha value is -1.29. The lowest BCUT2D eigenvalue weighted by Gasteiger charge is -2.17.